The molecule has 0 unspecified atom stereocenters. The first-order valence-corrected chi connectivity index (χ1v) is 5.09. The summed E-state index contributed by atoms with van der Waals surface area (Å²) in [5.41, 5.74) is 1.03. The predicted octanol–water partition coefficient (Wildman–Crippen LogP) is 2.34. The fraction of sp³-hybridized carbons (Fsp3) is 0.444. The molecule has 2 nitrogen and oxygen atoms in total. The van der Waals surface area contributed by atoms with Crippen molar-refractivity contribution in [3.63, 3.8) is 0 Å². The molecule has 3 heteroatoms. The number of nitrogens with zero attached hydrogens (tertiary/aromatic N) is 1. The molecule has 0 N–H and O–H groups in total. The summed E-state index contributed by atoms with van der Waals surface area (Å²) in [6, 6.07) is 3.83. The summed E-state index contributed by atoms with van der Waals surface area (Å²) in [6.07, 6.45) is 1.80. The minimum Gasteiger partial charge on any atom is -0.495 e. The summed E-state index contributed by atoms with van der Waals surface area (Å²) in [4.78, 5) is 4.24. The zero-order valence-corrected chi connectivity index (χ0v) is 8.23. The van der Waals surface area contributed by atoms with Crippen LogP contribution >= 0.6 is 11.8 Å². The van der Waals surface area contributed by atoms with Gasteiger partial charge in [-0.05, 0) is 17.9 Å². The van der Waals surface area contributed by atoms with Gasteiger partial charge in [0.1, 0.15) is 5.75 Å². The minimum atomic E-state index is 0.887. The normalized spacial score (nSPS) is 9.83. The fourth-order valence-electron chi connectivity index (χ4n) is 0.916. The van der Waals surface area contributed by atoms with Gasteiger partial charge in [0.05, 0.1) is 12.8 Å². The number of hydrogen-bond acceptors (Lipinski definition) is 3. The van der Waals surface area contributed by atoms with Crippen LogP contribution in [-0.2, 0) is 5.75 Å². The molecule has 0 saturated heterocycles. The van der Waals surface area contributed by atoms with Gasteiger partial charge in [0.25, 0.3) is 0 Å². The molecule has 0 saturated carbocycles. The molecule has 0 amide bonds. The highest BCUT2D eigenvalue weighted by atomic mass is 32.2. The number of rotatable bonds is 4. The van der Waals surface area contributed by atoms with Crippen LogP contribution < -0.4 is 4.74 Å². The van der Waals surface area contributed by atoms with E-state index in [9.17, 15) is 0 Å². The lowest BCUT2D eigenvalue weighted by Crippen LogP contribution is -1.93. The third-order valence-electron chi connectivity index (χ3n) is 1.51. The van der Waals surface area contributed by atoms with Crippen LogP contribution in [0.2, 0.25) is 0 Å². The van der Waals surface area contributed by atoms with Crippen LogP contribution in [-0.4, -0.2) is 17.8 Å². The van der Waals surface area contributed by atoms with Gasteiger partial charge in [-0.1, -0.05) is 6.92 Å². The van der Waals surface area contributed by atoms with Crippen LogP contribution in [0.4, 0.5) is 0 Å². The topological polar surface area (TPSA) is 22.1 Å². The first kappa shape index (κ1) is 9.39. The minimum absolute atomic E-state index is 0.887. The van der Waals surface area contributed by atoms with Gasteiger partial charge in [-0.15, -0.1) is 0 Å². The molecule has 1 aromatic rings. The van der Waals surface area contributed by atoms with E-state index in [1.165, 1.54) is 0 Å². The van der Waals surface area contributed by atoms with E-state index in [0.29, 0.717) is 0 Å². The smallest absolute Gasteiger partial charge is 0.141 e. The molecule has 1 aromatic heterocycles. The van der Waals surface area contributed by atoms with E-state index in [-0.39, 0.29) is 0 Å². The SMILES string of the molecule is CCSCc1ncccc1OC. The van der Waals surface area contributed by atoms with Crippen LogP contribution in [0.1, 0.15) is 12.6 Å². The van der Waals surface area contributed by atoms with Crippen molar-refractivity contribution in [1.82, 2.24) is 4.98 Å². The second-order valence-electron chi connectivity index (χ2n) is 2.29. The number of thioether (sulfide) groups is 1. The zero-order valence-electron chi connectivity index (χ0n) is 7.41. The van der Waals surface area contributed by atoms with Crippen LogP contribution in [0.25, 0.3) is 0 Å². The number of methoxy groups -OCH3 is 1. The molecular weight excluding hydrogens is 170 g/mol. The first-order chi connectivity index (χ1) is 5.88. The summed E-state index contributed by atoms with van der Waals surface area (Å²) in [5, 5.41) is 0. The second-order valence-corrected chi connectivity index (χ2v) is 3.56. The Bertz CT molecular complexity index is 240. The number of hydrogen-bond donors (Lipinski definition) is 0. The Morgan fingerprint density at radius 2 is 2.42 bits per heavy atom. The van der Waals surface area contributed by atoms with Gasteiger partial charge in [-0.3, -0.25) is 4.98 Å². The lowest BCUT2D eigenvalue weighted by atomic mass is 10.3. The first-order valence-electron chi connectivity index (χ1n) is 3.94. The van der Waals surface area contributed by atoms with E-state index in [2.05, 4.69) is 11.9 Å². The molecular formula is C9H13NOS. The van der Waals surface area contributed by atoms with Crippen molar-refractivity contribution < 1.29 is 4.74 Å². The van der Waals surface area contributed by atoms with Gasteiger partial charge >= 0.3 is 0 Å². The fourth-order valence-corrected chi connectivity index (χ4v) is 1.53. The lowest BCUT2D eigenvalue weighted by Gasteiger charge is -2.04. The van der Waals surface area contributed by atoms with Gasteiger partial charge in [0, 0.05) is 11.9 Å². The van der Waals surface area contributed by atoms with Crippen molar-refractivity contribution in [1.29, 1.82) is 0 Å². The predicted molar refractivity (Wildman–Crippen MR) is 52.6 cm³/mol. The average molecular weight is 183 g/mol. The van der Waals surface area contributed by atoms with Crippen molar-refractivity contribution in [3.05, 3.63) is 24.0 Å². The highest BCUT2D eigenvalue weighted by Crippen LogP contribution is 2.19. The Balaban J connectivity index is 2.68. The highest BCUT2D eigenvalue weighted by molar-refractivity contribution is 7.98. The van der Waals surface area contributed by atoms with Gasteiger partial charge in [0.2, 0.25) is 0 Å². The molecule has 0 aliphatic carbocycles. The van der Waals surface area contributed by atoms with Crippen molar-refractivity contribution in [2.75, 3.05) is 12.9 Å². The molecule has 1 rings (SSSR count). The van der Waals surface area contributed by atoms with E-state index in [1.54, 1.807) is 13.3 Å². The Labute approximate surface area is 77.3 Å². The average Bonchev–Trinajstić information content (AvgIpc) is 2.15. The number of ether oxygens (including phenoxy) is 1. The molecule has 0 spiro atoms. The van der Waals surface area contributed by atoms with Crippen molar-refractivity contribution in [3.8, 4) is 5.75 Å². The molecule has 0 atom stereocenters. The Hall–Kier alpha value is -0.700. The molecule has 0 fully saturated rings. The maximum Gasteiger partial charge on any atom is 0.141 e. The molecule has 0 aliphatic heterocycles. The third kappa shape index (κ3) is 2.41. The summed E-state index contributed by atoms with van der Waals surface area (Å²) >= 11 is 1.85. The molecule has 12 heavy (non-hydrogen) atoms. The van der Waals surface area contributed by atoms with Gasteiger partial charge in [-0.2, -0.15) is 11.8 Å². The van der Waals surface area contributed by atoms with E-state index in [1.807, 2.05) is 23.9 Å². The summed E-state index contributed by atoms with van der Waals surface area (Å²) in [6.45, 7) is 2.14. The number of aromatic nitrogens is 1. The van der Waals surface area contributed by atoms with Crippen LogP contribution in [0.5, 0.6) is 5.75 Å². The summed E-state index contributed by atoms with van der Waals surface area (Å²) in [5.74, 6) is 2.93. The molecule has 0 bridgehead atoms. The Morgan fingerprint density at radius 1 is 1.58 bits per heavy atom. The van der Waals surface area contributed by atoms with E-state index in [4.69, 9.17) is 4.74 Å². The van der Waals surface area contributed by atoms with E-state index >= 15 is 0 Å². The van der Waals surface area contributed by atoms with Crippen molar-refractivity contribution in [2.24, 2.45) is 0 Å². The summed E-state index contributed by atoms with van der Waals surface area (Å²) < 4.78 is 5.17. The van der Waals surface area contributed by atoms with E-state index < -0.39 is 0 Å². The van der Waals surface area contributed by atoms with Crippen molar-refractivity contribution in [2.45, 2.75) is 12.7 Å². The molecule has 0 aliphatic rings. The molecule has 0 radical (unpaired) electrons. The molecule has 66 valence electrons. The van der Waals surface area contributed by atoms with Gasteiger partial charge in [0.15, 0.2) is 0 Å². The van der Waals surface area contributed by atoms with Crippen LogP contribution in [0.15, 0.2) is 18.3 Å². The third-order valence-corrected chi connectivity index (χ3v) is 2.40. The lowest BCUT2D eigenvalue weighted by molar-refractivity contribution is 0.409. The maximum absolute atomic E-state index is 5.17. The van der Waals surface area contributed by atoms with Crippen LogP contribution in [0.3, 0.4) is 0 Å². The van der Waals surface area contributed by atoms with Gasteiger partial charge in [-0.25, -0.2) is 0 Å². The monoisotopic (exact) mass is 183 g/mol. The maximum atomic E-state index is 5.17. The summed E-state index contributed by atoms with van der Waals surface area (Å²) in [7, 11) is 1.68. The van der Waals surface area contributed by atoms with E-state index in [0.717, 1.165) is 22.9 Å². The largest absolute Gasteiger partial charge is 0.495 e. The molecule has 0 aromatic carbocycles. The number of pyridine rings is 1. The highest BCUT2D eigenvalue weighted by Gasteiger charge is 2.01. The Morgan fingerprint density at radius 3 is 3.08 bits per heavy atom. The zero-order chi connectivity index (χ0) is 8.81. The standard InChI is InChI=1S/C9H13NOS/c1-3-12-7-8-9(11-2)5-4-6-10-8/h4-6H,3,7H2,1-2H3. The van der Waals surface area contributed by atoms with Gasteiger partial charge < -0.3 is 4.74 Å². The quantitative estimate of drug-likeness (QED) is 0.715. The molecule has 1 heterocycles. The second kappa shape index (κ2) is 5.04. The van der Waals surface area contributed by atoms with Crippen LogP contribution in [0, 0.1) is 0 Å². The Kier molecular flexibility index (Phi) is 3.94. The van der Waals surface area contributed by atoms with Crippen molar-refractivity contribution >= 4 is 11.8 Å².